The van der Waals surface area contributed by atoms with E-state index < -0.39 is 0 Å². The number of fused-ring (bicyclic) bond motifs is 1. The molecule has 1 aliphatic heterocycles. The minimum Gasteiger partial charge on any atom is -0.507 e. The van der Waals surface area contributed by atoms with Crippen LogP contribution in [0, 0.1) is 0 Å². The lowest BCUT2D eigenvalue weighted by atomic mass is 10.1. The number of phenolic OH excluding ortho intramolecular Hbond substituents is 1. The first-order chi connectivity index (χ1) is 9.16. The summed E-state index contributed by atoms with van der Waals surface area (Å²) in [4.78, 5) is 18.5. The Morgan fingerprint density at radius 2 is 2.32 bits per heavy atom. The second-order valence-electron chi connectivity index (χ2n) is 5.06. The van der Waals surface area contributed by atoms with E-state index in [0.29, 0.717) is 5.56 Å². The number of nitrogens with zero attached hydrogens (tertiary/aromatic N) is 2. The van der Waals surface area contributed by atoms with E-state index in [-0.39, 0.29) is 17.7 Å². The maximum Gasteiger partial charge on any atom is 0.257 e. The Morgan fingerprint density at radius 1 is 1.47 bits per heavy atom. The van der Waals surface area contributed by atoms with Gasteiger partial charge >= 0.3 is 0 Å². The number of carbonyl (C=O) groups is 1. The third-order valence-electron chi connectivity index (χ3n) is 3.76. The lowest BCUT2D eigenvalue weighted by molar-refractivity contribution is 0.0744. The summed E-state index contributed by atoms with van der Waals surface area (Å²) in [5.74, 6) is -0.0698. The van der Waals surface area contributed by atoms with Crippen LogP contribution in [0.2, 0.25) is 0 Å². The summed E-state index contributed by atoms with van der Waals surface area (Å²) in [6.07, 6.45) is 3.74. The number of amides is 1. The van der Waals surface area contributed by atoms with Gasteiger partial charge < -0.3 is 10.0 Å². The van der Waals surface area contributed by atoms with Crippen LogP contribution in [0.1, 0.15) is 30.1 Å². The number of hydrogen-bond acceptors (Lipinski definition) is 3. The number of pyridine rings is 1. The minimum absolute atomic E-state index is 0.0320. The molecule has 1 amide bonds. The van der Waals surface area contributed by atoms with Gasteiger partial charge in [-0.3, -0.25) is 9.78 Å². The molecule has 2 aromatic rings. The lowest BCUT2D eigenvalue weighted by Crippen LogP contribution is -2.33. The molecule has 1 saturated heterocycles. The highest BCUT2D eigenvalue weighted by Crippen LogP contribution is 2.27. The predicted molar refractivity (Wildman–Crippen MR) is 73.1 cm³/mol. The molecule has 1 N–H and O–H groups in total. The summed E-state index contributed by atoms with van der Waals surface area (Å²) in [5.41, 5.74) is 1.08. The van der Waals surface area contributed by atoms with Crippen LogP contribution in [0.25, 0.3) is 10.9 Å². The number of carbonyl (C=O) groups excluding carboxylic acids is 1. The monoisotopic (exact) mass is 256 g/mol. The maximum atomic E-state index is 12.5. The van der Waals surface area contributed by atoms with Crippen molar-refractivity contribution in [3.05, 3.63) is 36.0 Å². The minimum atomic E-state index is -0.102. The first-order valence-corrected chi connectivity index (χ1v) is 6.55. The van der Waals surface area contributed by atoms with Crippen LogP contribution in [0.3, 0.4) is 0 Å². The average Bonchev–Trinajstić information content (AvgIpc) is 2.83. The molecule has 4 nitrogen and oxygen atoms in total. The first-order valence-electron chi connectivity index (χ1n) is 6.55. The van der Waals surface area contributed by atoms with Gasteiger partial charge in [-0.1, -0.05) is 6.07 Å². The zero-order valence-electron chi connectivity index (χ0n) is 10.8. The Kier molecular flexibility index (Phi) is 2.85. The molecule has 0 aliphatic carbocycles. The van der Waals surface area contributed by atoms with Crippen molar-refractivity contribution in [3.8, 4) is 5.75 Å². The Hall–Kier alpha value is -2.10. The fraction of sp³-hybridized carbons (Fsp3) is 0.333. The Balaban J connectivity index is 2.04. The number of benzene rings is 1. The van der Waals surface area contributed by atoms with Crippen molar-refractivity contribution in [1.29, 1.82) is 0 Å². The molecule has 0 bridgehead atoms. The SMILES string of the molecule is CC1CCCN1C(=O)c1cc2ncccc2cc1O. The standard InChI is InChI=1S/C15H16N2O2/c1-10-4-3-7-17(10)15(19)12-9-13-11(8-14(12)18)5-2-6-16-13/h2,5-6,8-10,18H,3-4,7H2,1H3. The molecule has 1 atom stereocenters. The van der Waals surface area contributed by atoms with Crippen LogP contribution in [-0.4, -0.2) is 33.5 Å². The molecule has 1 unspecified atom stereocenters. The fourth-order valence-electron chi connectivity index (χ4n) is 2.67. The predicted octanol–water partition coefficient (Wildman–Crippen LogP) is 2.56. The van der Waals surface area contributed by atoms with E-state index in [1.807, 2.05) is 24.0 Å². The topological polar surface area (TPSA) is 53.4 Å². The van der Waals surface area contributed by atoms with Crippen molar-refractivity contribution in [2.24, 2.45) is 0 Å². The maximum absolute atomic E-state index is 12.5. The van der Waals surface area contributed by atoms with E-state index in [0.717, 1.165) is 30.3 Å². The van der Waals surface area contributed by atoms with Crippen molar-refractivity contribution in [2.75, 3.05) is 6.54 Å². The zero-order valence-corrected chi connectivity index (χ0v) is 10.8. The molecule has 0 radical (unpaired) electrons. The molecule has 19 heavy (non-hydrogen) atoms. The second-order valence-corrected chi connectivity index (χ2v) is 5.06. The normalized spacial score (nSPS) is 19.0. The van der Waals surface area contributed by atoms with Crippen LogP contribution < -0.4 is 0 Å². The summed E-state index contributed by atoms with van der Waals surface area (Å²) in [5, 5.41) is 10.9. The van der Waals surface area contributed by atoms with Crippen molar-refractivity contribution in [1.82, 2.24) is 9.88 Å². The smallest absolute Gasteiger partial charge is 0.257 e. The number of hydrogen-bond donors (Lipinski definition) is 1. The van der Waals surface area contributed by atoms with Gasteiger partial charge in [-0.2, -0.15) is 0 Å². The van der Waals surface area contributed by atoms with E-state index in [2.05, 4.69) is 4.98 Å². The third-order valence-corrected chi connectivity index (χ3v) is 3.76. The number of phenols is 1. The van der Waals surface area contributed by atoms with Gasteiger partial charge in [0.1, 0.15) is 5.75 Å². The molecule has 1 aromatic carbocycles. The van der Waals surface area contributed by atoms with E-state index in [1.165, 1.54) is 0 Å². The highest BCUT2D eigenvalue weighted by atomic mass is 16.3. The van der Waals surface area contributed by atoms with Crippen molar-refractivity contribution < 1.29 is 9.90 Å². The van der Waals surface area contributed by atoms with E-state index in [4.69, 9.17) is 0 Å². The lowest BCUT2D eigenvalue weighted by Gasteiger charge is -2.22. The summed E-state index contributed by atoms with van der Waals surface area (Å²) >= 11 is 0. The molecular weight excluding hydrogens is 240 g/mol. The first kappa shape index (κ1) is 12.0. The number of rotatable bonds is 1. The van der Waals surface area contributed by atoms with Crippen LogP contribution in [0.15, 0.2) is 30.5 Å². The fourth-order valence-corrected chi connectivity index (χ4v) is 2.67. The van der Waals surface area contributed by atoms with Gasteiger partial charge in [-0.25, -0.2) is 0 Å². The second kappa shape index (κ2) is 4.53. The Labute approximate surface area is 111 Å². The van der Waals surface area contributed by atoms with Crippen molar-refractivity contribution in [2.45, 2.75) is 25.8 Å². The van der Waals surface area contributed by atoms with Gasteiger partial charge in [-0.15, -0.1) is 0 Å². The number of aromatic hydroxyl groups is 1. The molecule has 1 aliphatic rings. The van der Waals surface area contributed by atoms with Crippen LogP contribution >= 0.6 is 0 Å². The summed E-state index contributed by atoms with van der Waals surface area (Å²) in [6, 6.07) is 7.21. The summed E-state index contributed by atoms with van der Waals surface area (Å²) in [7, 11) is 0. The molecular formula is C15H16N2O2. The highest BCUT2D eigenvalue weighted by Gasteiger charge is 2.27. The highest BCUT2D eigenvalue weighted by molar-refractivity contribution is 6.01. The molecule has 0 spiro atoms. The molecule has 2 heterocycles. The molecule has 1 aromatic heterocycles. The molecule has 98 valence electrons. The molecule has 0 saturated carbocycles. The van der Waals surface area contributed by atoms with E-state index in [9.17, 15) is 9.90 Å². The van der Waals surface area contributed by atoms with Gasteiger partial charge in [0.25, 0.3) is 5.91 Å². The zero-order chi connectivity index (χ0) is 13.4. The summed E-state index contributed by atoms with van der Waals surface area (Å²) in [6.45, 7) is 2.81. The largest absolute Gasteiger partial charge is 0.507 e. The molecule has 1 fully saturated rings. The van der Waals surface area contributed by atoms with Gasteiger partial charge in [0.05, 0.1) is 11.1 Å². The molecule has 3 rings (SSSR count). The number of aromatic nitrogens is 1. The van der Waals surface area contributed by atoms with Crippen molar-refractivity contribution >= 4 is 16.8 Å². The third kappa shape index (κ3) is 2.03. The van der Waals surface area contributed by atoms with Gasteiger partial charge in [0.15, 0.2) is 0 Å². The molecule has 4 heteroatoms. The van der Waals surface area contributed by atoms with E-state index in [1.54, 1.807) is 18.3 Å². The van der Waals surface area contributed by atoms with Gasteiger partial charge in [0, 0.05) is 24.2 Å². The Bertz CT molecular complexity index is 639. The van der Waals surface area contributed by atoms with Crippen LogP contribution in [0.5, 0.6) is 5.75 Å². The van der Waals surface area contributed by atoms with E-state index >= 15 is 0 Å². The van der Waals surface area contributed by atoms with Crippen molar-refractivity contribution in [3.63, 3.8) is 0 Å². The quantitative estimate of drug-likeness (QED) is 0.853. The van der Waals surface area contributed by atoms with Crippen LogP contribution in [0.4, 0.5) is 0 Å². The average molecular weight is 256 g/mol. The number of likely N-dealkylation sites (tertiary alicyclic amines) is 1. The van der Waals surface area contributed by atoms with Gasteiger partial charge in [0.2, 0.25) is 0 Å². The van der Waals surface area contributed by atoms with Gasteiger partial charge in [-0.05, 0) is 38.0 Å². The van der Waals surface area contributed by atoms with Crippen LogP contribution in [-0.2, 0) is 0 Å². The summed E-state index contributed by atoms with van der Waals surface area (Å²) < 4.78 is 0. The Morgan fingerprint density at radius 3 is 3.05 bits per heavy atom.